The van der Waals surface area contributed by atoms with Gasteiger partial charge in [0, 0.05) is 7.05 Å². The van der Waals surface area contributed by atoms with Gasteiger partial charge in [-0.15, -0.1) is 0 Å². The predicted octanol–water partition coefficient (Wildman–Crippen LogP) is 0.618. The maximum absolute atomic E-state index is 10.8. The highest BCUT2D eigenvalue weighted by Crippen LogP contribution is 2.16. The van der Waals surface area contributed by atoms with Crippen LogP contribution in [0.25, 0.3) is 0 Å². The molecular formula is C9H12N2O2. The number of aliphatic carboxylic acids is 1. The third-order valence-electron chi connectivity index (χ3n) is 1.76. The number of hydrazine groups is 1. The molecule has 0 saturated carbocycles. The minimum atomic E-state index is -0.948. The zero-order valence-electron chi connectivity index (χ0n) is 7.34. The third-order valence-corrected chi connectivity index (χ3v) is 1.76. The molecule has 0 saturated heterocycles. The average Bonchev–Trinajstić information content (AvgIpc) is 2.04. The molecule has 4 nitrogen and oxygen atoms in total. The van der Waals surface area contributed by atoms with E-state index in [-0.39, 0.29) is 0 Å². The first-order valence-corrected chi connectivity index (χ1v) is 3.88. The summed E-state index contributed by atoms with van der Waals surface area (Å²) in [6.07, 6.45) is 0. The lowest BCUT2D eigenvalue weighted by Crippen LogP contribution is -2.35. The van der Waals surface area contributed by atoms with E-state index in [0.29, 0.717) is 5.56 Å². The normalized spacial score (nSPS) is 12.8. The lowest BCUT2D eigenvalue weighted by Gasteiger charge is -2.19. The summed E-state index contributed by atoms with van der Waals surface area (Å²) in [4.78, 5) is 10.8. The smallest absolute Gasteiger partial charge is 0.326 e. The van der Waals surface area contributed by atoms with Crippen molar-refractivity contribution in [1.82, 2.24) is 5.01 Å². The van der Waals surface area contributed by atoms with E-state index in [1.165, 1.54) is 12.1 Å². The summed E-state index contributed by atoms with van der Waals surface area (Å²) < 4.78 is 0. The van der Waals surface area contributed by atoms with Gasteiger partial charge in [0.2, 0.25) is 0 Å². The van der Waals surface area contributed by atoms with E-state index in [9.17, 15) is 4.79 Å². The van der Waals surface area contributed by atoms with Crippen LogP contribution in [0.15, 0.2) is 30.3 Å². The Morgan fingerprint density at radius 2 is 2.00 bits per heavy atom. The molecule has 1 rings (SSSR count). The highest BCUT2D eigenvalue weighted by molar-refractivity contribution is 5.75. The van der Waals surface area contributed by atoms with Crippen molar-refractivity contribution >= 4 is 5.97 Å². The Labute approximate surface area is 76.6 Å². The van der Waals surface area contributed by atoms with Crippen LogP contribution in [0, 0.1) is 0 Å². The average molecular weight is 180 g/mol. The zero-order chi connectivity index (χ0) is 9.84. The van der Waals surface area contributed by atoms with Crippen LogP contribution in [0.5, 0.6) is 0 Å². The van der Waals surface area contributed by atoms with E-state index in [2.05, 4.69) is 0 Å². The molecule has 1 aromatic carbocycles. The predicted molar refractivity (Wildman–Crippen MR) is 48.8 cm³/mol. The quantitative estimate of drug-likeness (QED) is 0.528. The lowest BCUT2D eigenvalue weighted by atomic mass is 10.1. The number of hydrogen-bond acceptors (Lipinski definition) is 3. The summed E-state index contributed by atoms with van der Waals surface area (Å²) in [5.41, 5.74) is 0.681. The van der Waals surface area contributed by atoms with E-state index in [1.807, 2.05) is 6.07 Å². The third kappa shape index (κ3) is 2.27. The molecule has 1 unspecified atom stereocenters. The van der Waals surface area contributed by atoms with Crippen LogP contribution >= 0.6 is 0 Å². The summed E-state index contributed by atoms with van der Waals surface area (Å²) >= 11 is 0. The first kappa shape index (κ1) is 9.70. The van der Waals surface area contributed by atoms with Crippen molar-refractivity contribution in [2.24, 2.45) is 5.84 Å². The standard InChI is InChI=1S/C9H12N2O2/c1-11(10)8(9(12)13)7-5-3-2-4-6-7/h2-6,8H,10H2,1H3,(H,12,13). The number of nitrogens with two attached hydrogens (primary N) is 1. The van der Waals surface area contributed by atoms with Crippen molar-refractivity contribution in [2.75, 3.05) is 7.05 Å². The number of benzene rings is 1. The Hall–Kier alpha value is -1.39. The summed E-state index contributed by atoms with van der Waals surface area (Å²) in [5, 5.41) is 10.1. The molecule has 1 aromatic rings. The van der Waals surface area contributed by atoms with Crippen LogP contribution < -0.4 is 5.84 Å². The van der Waals surface area contributed by atoms with Crippen molar-refractivity contribution in [3.8, 4) is 0 Å². The van der Waals surface area contributed by atoms with Crippen LogP contribution in [0.4, 0.5) is 0 Å². The fourth-order valence-electron chi connectivity index (χ4n) is 1.19. The van der Waals surface area contributed by atoms with Gasteiger partial charge in [0.05, 0.1) is 0 Å². The first-order valence-electron chi connectivity index (χ1n) is 3.88. The van der Waals surface area contributed by atoms with Crippen LogP contribution in [0.1, 0.15) is 11.6 Å². The number of rotatable bonds is 3. The van der Waals surface area contributed by atoms with Gasteiger partial charge in [-0.25, -0.2) is 5.01 Å². The minimum Gasteiger partial charge on any atom is -0.480 e. The second kappa shape index (κ2) is 4.02. The molecule has 0 heterocycles. The Morgan fingerprint density at radius 1 is 1.46 bits per heavy atom. The number of carbonyl (C=O) groups is 1. The summed E-state index contributed by atoms with van der Waals surface area (Å²) in [7, 11) is 1.53. The SMILES string of the molecule is CN(N)C(C(=O)O)c1ccccc1. The van der Waals surface area contributed by atoms with E-state index in [1.54, 1.807) is 24.3 Å². The highest BCUT2D eigenvalue weighted by atomic mass is 16.4. The van der Waals surface area contributed by atoms with Gasteiger partial charge in [0.1, 0.15) is 6.04 Å². The second-order valence-electron chi connectivity index (χ2n) is 2.82. The van der Waals surface area contributed by atoms with Crippen LogP contribution in [0.3, 0.4) is 0 Å². The highest BCUT2D eigenvalue weighted by Gasteiger charge is 2.21. The molecule has 70 valence electrons. The number of carboxylic acid groups (broad SMARTS) is 1. The maximum atomic E-state index is 10.8. The van der Waals surface area contributed by atoms with Crippen LogP contribution in [-0.4, -0.2) is 23.1 Å². The molecule has 0 amide bonds. The van der Waals surface area contributed by atoms with Crippen molar-refractivity contribution < 1.29 is 9.90 Å². The maximum Gasteiger partial charge on any atom is 0.326 e. The molecule has 3 N–H and O–H groups in total. The van der Waals surface area contributed by atoms with Gasteiger partial charge in [0.15, 0.2) is 0 Å². The fraction of sp³-hybridized carbons (Fsp3) is 0.222. The number of likely N-dealkylation sites (N-methyl/N-ethyl adjacent to an activating group) is 1. The fourth-order valence-corrected chi connectivity index (χ4v) is 1.19. The van der Waals surface area contributed by atoms with Gasteiger partial charge in [-0.2, -0.15) is 0 Å². The van der Waals surface area contributed by atoms with E-state index >= 15 is 0 Å². The number of hydrogen-bond donors (Lipinski definition) is 2. The molecule has 0 aliphatic carbocycles. The second-order valence-corrected chi connectivity index (χ2v) is 2.82. The topological polar surface area (TPSA) is 66.6 Å². The van der Waals surface area contributed by atoms with Gasteiger partial charge in [-0.3, -0.25) is 10.6 Å². The zero-order valence-corrected chi connectivity index (χ0v) is 7.34. The van der Waals surface area contributed by atoms with Gasteiger partial charge in [-0.05, 0) is 5.56 Å². The van der Waals surface area contributed by atoms with Crippen molar-refractivity contribution in [3.05, 3.63) is 35.9 Å². The van der Waals surface area contributed by atoms with E-state index < -0.39 is 12.0 Å². The molecule has 0 aliphatic heterocycles. The molecule has 13 heavy (non-hydrogen) atoms. The largest absolute Gasteiger partial charge is 0.480 e. The molecule has 1 atom stereocenters. The minimum absolute atomic E-state index is 0.681. The monoisotopic (exact) mass is 180 g/mol. The van der Waals surface area contributed by atoms with Crippen molar-refractivity contribution in [2.45, 2.75) is 6.04 Å². The van der Waals surface area contributed by atoms with Gasteiger partial charge < -0.3 is 5.11 Å². The lowest BCUT2D eigenvalue weighted by molar-refractivity contribution is -0.143. The van der Waals surface area contributed by atoms with Gasteiger partial charge in [0.25, 0.3) is 0 Å². The summed E-state index contributed by atoms with van der Waals surface area (Å²) in [6, 6.07) is 8.11. The summed E-state index contributed by atoms with van der Waals surface area (Å²) in [6.45, 7) is 0. The van der Waals surface area contributed by atoms with Gasteiger partial charge in [-0.1, -0.05) is 30.3 Å². The number of carboxylic acids is 1. The Kier molecular flexibility index (Phi) is 3.00. The Morgan fingerprint density at radius 3 is 2.38 bits per heavy atom. The molecule has 0 fully saturated rings. The summed E-state index contributed by atoms with van der Waals surface area (Å²) in [5.74, 6) is 4.47. The van der Waals surface area contributed by atoms with Crippen LogP contribution in [-0.2, 0) is 4.79 Å². The van der Waals surface area contributed by atoms with Crippen molar-refractivity contribution in [3.63, 3.8) is 0 Å². The molecule has 0 radical (unpaired) electrons. The van der Waals surface area contributed by atoms with Crippen LogP contribution in [0.2, 0.25) is 0 Å². The molecule has 4 heteroatoms. The number of nitrogens with zero attached hydrogens (tertiary/aromatic N) is 1. The van der Waals surface area contributed by atoms with E-state index in [0.717, 1.165) is 0 Å². The molecule has 0 spiro atoms. The molecule has 0 aliphatic rings. The molecule has 0 aromatic heterocycles. The Balaban J connectivity index is 2.96. The first-order chi connectivity index (χ1) is 6.13. The van der Waals surface area contributed by atoms with E-state index in [4.69, 9.17) is 10.9 Å². The van der Waals surface area contributed by atoms with Crippen molar-refractivity contribution in [1.29, 1.82) is 0 Å². The molecule has 0 bridgehead atoms. The van der Waals surface area contributed by atoms with Gasteiger partial charge >= 0.3 is 5.97 Å². The molecular weight excluding hydrogens is 168 g/mol. The Bertz CT molecular complexity index is 285.